The maximum absolute atomic E-state index is 14.6. The molecule has 232 valence electrons. The zero-order valence-electron chi connectivity index (χ0n) is 27.5. The van der Waals surface area contributed by atoms with Crippen LogP contribution < -0.4 is 5.73 Å². The average molecular weight is 571 g/mol. The van der Waals surface area contributed by atoms with E-state index in [1.54, 1.807) is 13.0 Å². The molecule has 2 fully saturated rings. The van der Waals surface area contributed by atoms with Crippen molar-refractivity contribution in [2.75, 3.05) is 7.05 Å². The van der Waals surface area contributed by atoms with Crippen LogP contribution in [0, 0.1) is 16.7 Å². The number of likely N-dealkylation sites (N-methyl/N-ethyl adjacent to an activating group) is 1. The van der Waals surface area contributed by atoms with Crippen LogP contribution in [-0.4, -0.2) is 57.0 Å². The summed E-state index contributed by atoms with van der Waals surface area (Å²) in [6, 6.07) is 0.320. The number of carboxylic acid groups (broad SMARTS) is 1. The van der Waals surface area contributed by atoms with E-state index in [0.717, 1.165) is 56.9 Å². The van der Waals surface area contributed by atoms with Crippen LogP contribution in [0.2, 0.25) is 0 Å². The van der Waals surface area contributed by atoms with E-state index in [1.165, 1.54) is 19.3 Å². The van der Waals surface area contributed by atoms with Gasteiger partial charge in [0, 0.05) is 18.7 Å². The number of rotatable bonds is 8. The van der Waals surface area contributed by atoms with Gasteiger partial charge in [-0.2, -0.15) is 0 Å². The molecule has 1 atom stereocenters. The van der Waals surface area contributed by atoms with Crippen LogP contribution in [0.3, 0.4) is 0 Å². The highest BCUT2D eigenvalue weighted by Crippen LogP contribution is 2.50. The minimum Gasteiger partial charge on any atom is -0.478 e. The molecule has 2 aliphatic carbocycles. The Labute approximate surface area is 249 Å². The van der Waals surface area contributed by atoms with Crippen LogP contribution in [0.25, 0.3) is 0 Å². The molecular formula is C34H58N4O3. The van der Waals surface area contributed by atoms with Gasteiger partial charge in [-0.05, 0) is 94.0 Å². The number of amidine groups is 1. The average Bonchev–Trinajstić information content (AvgIpc) is 3.17. The van der Waals surface area contributed by atoms with Crippen molar-refractivity contribution in [1.82, 2.24) is 9.80 Å². The Morgan fingerprint density at radius 2 is 1.61 bits per heavy atom. The molecule has 7 heteroatoms. The fraction of sp³-hybridized carbons (Fsp3) is 0.794. The Balaban J connectivity index is 2.10. The lowest BCUT2D eigenvalue weighted by molar-refractivity contribution is -0.139. The van der Waals surface area contributed by atoms with Crippen LogP contribution in [0.5, 0.6) is 0 Å². The third kappa shape index (κ3) is 7.63. The SMILES string of the molecule is CC(=CC=C(C)C(N)(CCCC(C)(C)C)N1C(=O)C(N(C)C2CCCCC2)=NC12CCC(C(C)(C)C)CC2)C(=O)O. The topological polar surface area (TPSA) is 99.2 Å². The standard InChI is InChI=1S/C34H58N4O3/c1-24(30(40)41)16-17-25(2)34(35,21-13-20-31(3,4)5)38-29(39)28(37(9)27-14-11-10-12-15-27)36-33(38)22-18-26(19-23-33)32(6,7)8/h16-17,26-27H,10-15,18-23,35H2,1-9H3,(H,40,41). The Morgan fingerprint density at radius 1 is 1.02 bits per heavy atom. The smallest absolute Gasteiger partial charge is 0.331 e. The summed E-state index contributed by atoms with van der Waals surface area (Å²) in [5.74, 6) is 0.0867. The van der Waals surface area contributed by atoms with Crippen molar-refractivity contribution in [3.8, 4) is 0 Å². The normalized spacial score (nSPS) is 26.8. The Morgan fingerprint density at radius 3 is 2.12 bits per heavy atom. The van der Waals surface area contributed by atoms with Crippen molar-refractivity contribution in [1.29, 1.82) is 0 Å². The predicted molar refractivity (Wildman–Crippen MR) is 168 cm³/mol. The Bertz CT molecular complexity index is 1050. The molecule has 1 heterocycles. The molecule has 3 aliphatic rings. The first-order valence-electron chi connectivity index (χ1n) is 16.0. The van der Waals surface area contributed by atoms with Gasteiger partial charge in [0.1, 0.15) is 11.3 Å². The van der Waals surface area contributed by atoms with Gasteiger partial charge in [-0.1, -0.05) is 73.0 Å². The van der Waals surface area contributed by atoms with Crippen molar-refractivity contribution in [3.63, 3.8) is 0 Å². The zero-order chi connectivity index (χ0) is 30.8. The van der Waals surface area contributed by atoms with E-state index in [0.29, 0.717) is 24.2 Å². The maximum atomic E-state index is 14.6. The minimum atomic E-state index is -1.08. The molecule has 0 aromatic carbocycles. The molecule has 0 bridgehead atoms. The largest absolute Gasteiger partial charge is 0.478 e. The molecule has 3 N–H and O–H groups in total. The summed E-state index contributed by atoms with van der Waals surface area (Å²) in [5.41, 5.74) is 7.07. The molecule has 2 saturated carbocycles. The van der Waals surface area contributed by atoms with E-state index in [9.17, 15) is 14.7 Å². The Kier molecular flexibility index (Phi) is 10.3. The van der Waals surface area contributed by atoms with E-state index in [1.807, 2.05) is 24.9 Å². The van der Waals surface area contributed by atoms with Crippen molar-refractivity contribution in [2.24, 2.45) is 27.5 Å². The molecule has 1 unspecified atom stereocenters. The number of hydrogen-bond acceptors (Lipinski definition) is 5. The van der Waals surface area contributed by atoms with Crippen molar-refractivity contribution in [2.45, 2.75) is 150 Å². The third-order valence-corrected chi connectivity index (χ3v) is 10.1. The lowest BCUT2D eigenvalue weighted by Gasteiger charge is -2.51. The summed E-state index contributed by atoms with van der Waals surface area (Å²) in [4.78, 5) is 35.7. The second-order valence-corrected chi connectivity index (χ2v) is 15.4. The second kappa shape index (κ2) is 12.6. The second-order valence-electron chi connectivity index (χ2n) is 15.4. The zero-order valence-corrected chi connectivity index (χ0v) is 27.5. The molecular weight excluding hydrogens is 512 g/mol. The van der Waals surface area contributed by atoms with Crippen molar-refractivity contribution < 1.29 is 14.7 Å². The highest BCUT2D eigenvalue weighted by molar-refractivity contribution is 6.39. The van der Waals surface area contributed by atoms with Gasteiger partial charge < -0.3 is 15.7 Å². The molecule has 1 amide bonds. The highest BCUT2D eigenvalue weighted by atomic mass is 16.4. The van der Waals surface area contributed by atoms with Gasteiger partial charge in [0.25, 0.3) is 5.91 Å². The van der Waals surface area contributed by atoms with Crippen LogP contribution in [0.1, 0.15) is 132 Å². The van der Waals surface area contributed by atoms with Crippen LogP contribution in [0.15, 0.2) is 28.3 Å². The first-order valence-corrected chi connectivity index (χ1v) is 16.0. The number of allylic oxidation sites excluding steroid dienone is 2. The summed E-state index contributed by atoms with van der Waals surface area (Å²) < 4.78 is 0. The summed E-state index contributed by atoms with van der Waals surface area (Å²) in [6.45, 7) is 17.1. The van der Waals surface area contributed by atoms with Crippen molar-refractivity contribution in [3.05, 3.63) is 23.3 Å². The number of hydrogen-bond donors (Lipinski definition) is 2. The lowest BCUT2D eigenvalue weighted by atomic mass is 9.69. The molecule has 1 aliphatic heterocycles. The summed E-state index contributed by atoms with van der Waals surface area (Å²) in [5, 5.41) is 9.47. The first kappa shape index (κ1) is 33.4. The van der Waals surface area contributed by atoms with E-state index >= 15 is 0 Å². The number of nitrogens with zero attached hydrogens (tertiary/aromatic N) is 3. The monoisotopic (exact) mass is 570 g/mol. The van der Waals surface area contributed by atoms with Gasteiger partial charge >= 0.3 is 5.97 Å². The molecule has 7 nitrogen and oxygen atoms in total. The van der Waals surface area contributed by atoms with Crippen molar-refractivity contribution >= 4 is 17.7 Å². The quantitative estimate of drug-likeness (QED) is 0.236. The number of carboxylic acids is 1. The van der Waals surface area contributed by atoms with E-state index in [4.69, 9.17) is 10.7 Å². The van der Waals surface area contributed by atoms with Gasteiger partial charge in [-0.25, -0.2) is 9.79 Å². The summed E-state index contributed by atoms with van der Waals surface area (Å²) >= 11 is 0. The molecule has 0 aromatic heterocycles. The lowest BCUT2D eigenvalue weighted by Crippen LogP contribution is -2.66. The molecule has 3 rings (SSSR count). The fourth-order valence-electron chi connectivity index (χ4n) is 7.13. The number of nitrogens with two attached hydrogens (primary N) is 1. The van der Waals surface area contributed by atoms with Gasteiger partial charge in [-0.15, -0.1) is 0 Å². The van der Waals surface area contributed by atoms with E-state index < -0.39 is 17.3 Å². The van der Waals surface area contributed by atoms with Gasteiger partial charge in [-0.3, -0.25) is 9.69 Å². The van der Waals surface area contributed by atoms with Gasteiger partial charge in [0.05, 0.1) is 0 Å². The fourth-order valence-corrected chi connectivity index (χ4v) is 7.13. The third-order valence-electron chi connectivity index (χ3n) is 10.1. The number of carbonyl (C=O) groups excluding carboxylic acids is 1. The molecule has 41 heavy (non-hydrogen) atoms. The summed E-state index contributed by atoms with van der Waals surface area (Å²) in [7, 11) is 2.05. The van der Waals surface area contributed by atoms with Gasteiger partial charge in [0.2, 0.25) is 0 Å². The first-order chi connectivity index (χ1) is 18.9. The molecule has 1 spiro atoms. The highest BCUT2D eigenvalue weighted by Gasteiger charge is 2.57. The summed E-state index contributed by atoms with van der Waals surface area (Å²) in [6.07, 6.45) is 15.2. The predicted octanol–water partition coefficient (Wildman–Crippen LogP) is 7.27. The molecule has 0 radical (unpaired) electrons. The van der Waals surface area contributed by atoms with Crippen LogP contribution in [-0.2, 0) is 9.59 Å². The minimum absolute atomic E-state index is 0.0720. The van der Waals surface area contributed by atoms with Crippen LogP contribution >= 0.6 is 0 Å². The Hall–Kier alpha value is -2.15. The molecule has 0 aromatic rings. The maximum Gasteiger partial charge on any atom is 0.331 e. The van der Waals surface area contributed by atoms with Crippen LogP contribution in [0.4, 0.5) is 0 Å². The number of aliphatic imine (C=N–C) groups is 1. The number of aliphatic carboxylic acids is 1. The number of amides is 1. The number of carbonyl (C=O) groups is 2. The van der Waals surface area contributed by atoms with Gasteiger partial charge in [0.15, 0.2) is 5.84 Å². The molecule has 0 saturated heterocycles. The van der Waals surface area contributed by atoms with E-state index in [2.05, 4.69) is 46.4 Å². The van der Waals surface area contributed by atoms with E-state index in [-0.39, 0.29) is 22.3 Å².